The van der Waals surface area contributed by atoms with E-state index in [1.165, 1.54) is 0 Å². The maximum atomic E-state index is 8.17. The molecule has 3 rings (SSSR count). The van der Waals surface area contributed by atoms with E-state index < -0.39 is 0 Å². The summed E-state index contributed by atoms with van der Waals surface area (Å²) in [4.78, 5) is 0. The average Bonchev–Trinajstić information content (AvgIpc) is 3.14. The van der Waals surface area contributed by atoms with Crippen LogP contribution in [-0.2, 0) is 6.54 Å². The first-order valence-electron chi connectivity index (χ1n) is 8.11. The van der Waals surface area contributed by atoms with Crippen LogP contribution in [0.25, 0.3) is 11.1 Å². The van der Waals surface area contributed by atoms with Crippen LogP contribution in [0, 0.1) is 5.41 Å². The van der Waals surface area contributed by atoms with Gasteiger partial charge in [-0.3, -0.25) is 10.5 Å². The van der Waals surface area contributed by atoms with Crippen molar-refractivity contribution in [3.63, 3.8) is 0 Å². The van der Waals surface area contributed by atoms with Crippen molar-refractivity contribution in [2.75, 3.05) is 19.5 Å². The Kier molecular flexibility index (Phi) is 5.38. The fourth-order valence-electron chi connectivity index (χ4n) is 2.66. The van der Waals surface area contributed by atoms with Gasteiger partial charge in [0, 0.05) is 11.8 Å². The molecule has 0 spiro atoms. The molecule has 7 nitrogen and oxygen atoms in total. The molecule has 0 amide bonds. The molecule has 0 unspecified atom stereocenters. The zero-order valence-electron chi connectivity index (χ0n) is 14.7. The number of rotatable bonds is 6. The lowest BCUT2D eigenvalue weighted by Crippen LogP contribution is -2.29. The zero-order valence-corrected chi connectivity index (χ0v) is 14.7. The first-order chi connectivity index (χ1) is 12.7. The third-order valence-electron chi connectivity index (χ3n) is 3.94. The van der Waals surface area contributed by atoms with Crippen molar-refractivity contribution in [1.82, 2.24) is 15.5 Å². The molecular formula is C19H21N5O2. The van der Waals surface area contributed by atoms with Crippen LogP contribution in [0.4, 0.5) is 5.82 Å². The number of hydrogen-bond acceptors (Lipinski definition) is 4. The van der Waals surface area contributed by atoms with Gasteiger partial charge in [0.15, 0.2) is 11.8 Å². The van der Waals surface area contributed by atoms with Gasteiger partial charge in [-0.2, -0.15) is 5.10 Å². The van der Waals surface area contributed by atoms with Gasteiger partial charge in [0.05, 0.1) is 26.3 Å². The Bertz CT molecular complexity index is 854. The Morgan fingerprint density at radius 2 is 1.73 bits per heavy atom. The van der Waals surface area contributed by atoms with Gasteiger partial charge in [-0.1, -0.05) is 36.4 Å². The number of aromatic nitrogens is 2. The summed E-state index contributed by atoms with van der Waals surface area (Å²) in [6.45, 7) is 0.379. The predicted octanol–water partition coefficient (Wildman–Crippen LogP) is 3.23. The summed E-state index contributed by atoms with van der Waals surface area (Å²) in [7, 11) is 3.22. The van der Waals surface area contributed by atoms with E-state index in [-0.39, 0.29) is 5.96 Å². The Hall–Kier alpha value is -3.48. The number of hydrogen-bond donors (Lipinski definition) is 4. The molecular weight excluding hydrogens is 330 g/mol. The predicted molar refractivity (Wildman–Crippen MR) is 102 cm³/mol. The van der Waals surface area contributed by atoms with Crippen molar-refractivity contribution < 1.29 is 9.47 Å². The fourth-order valence-corrected chi connectivity index (χ4v) is 2.66. The normalized spacial score (nSPS) is 10.2. The molecule has 0 bridgehead atoms. The summed E-state index contributed by atoms with van der Waals surface area (Å²) in [5.74, 6) is 2.12. The molecule has 3 aromatic rings. The first kappa shape index (κ1) is 17.3. The summed E-state index contributed by atoms with van der Waals surface area (Å²) >= 11 is 0. The second kappa shape index (κ2) is 8.06. The van der Waals surface area contributed by atoms with Crippen LogP contribution in [0.5, 0.6) is 11.5 Å². The van der Waals surface area contributed by atoms with Crippen molar-refractivity contribution >= 4 is 11.8 Å². The number of nitrogens with zero attached hydrogens (tertiary/aromatic N) is 1. The summed E-state index contributed by atoms with van der Waals surface area (Å²) < 4.78 is 10.7. The molecule has 26 heavy (non-hydrogen) atoms. The van der Waals surface area contributed by atoms with Gasteiger partial charge in [-0.25, -0.2) is 0 Å². The van der Waals surface area contributed by atoms with E-state index in [4.69, 9.17) is 14.9 Å². The molecule has 0 fully saturated rings. The lowest BCUT2D eigenvalue weighted by molar-refractivity contribution is 0.384. The second-order valence-corrected chi connectivity index (χ2v) is 5.51. The molecule has 0 saturated heterocycles. The molecule has 0 aliphatic heterocycles. The quantitative estimate of drug-likeness (QED) is 0.404. The zero-order chi connectivity index (χ0) is 18.4. The number of anilines is 1. The summed E-state index contributed by atoms with van der Waals surface area (Å²) in [5.41, 5.74) is 2.75. The van der Waals surface area contributed by atoms with E-state index in [9.17, 15) is 0 Å². The van der Waals surface area contributed by atoms with E-state index in [1.54, 1.807) is 20.4 Å². The van der Waals surface area contributed by atoms with Gasteiger partial charge in [0.1, 0.15) is 11.5 Å². The molecule has 134 valence electrons. The summed E-state index contributed by atoms with van der Waals surface area (Å²) in [6, 6.07) is 15.4. The first-order valence-corrected chi connectivity index (χ1v) is 8.11. The number of ether oxygens (including phenoxy) is 2. The monoisotopic (exact) mass is 351 g/mol. The van der Waals surface area contributed by atoms with Crippen LogP contribution in [0.2, 0.25) is 0 Å². The van der Waals surface area contributed by atoms with E-state index in [2.05, 4.69) is 20.8 Å². The molecule has 0 aliphatic carbocycles. The highest BCUT2D eigenvalue weighted by molar-refractivity contribution is 5.94. The lowest BCUT2D eigenvalue weighted by atomic mass is 10.1. The number of benzene rings is 2. The number of H-pyrrole nitrogens is 1. The van der Waals surface area contributed by atoms with Crippen LogP contribution in [0.1, 0.15) is 5.56 Å². The Balaban J connectivity index is 1.69. The standard InChI is InChI=1S/C19H21N5O2/c1-25-16-9-6-10-17(26-2)15(16)11-21-19(20)23-18-14(12-22-24-18)13-7-4-3-5-8-13/h3-10,12H,11H2,1-2H3,(H4,20,21,22,23,24). The highest BCUT2D eigenvalue weighted by atomic mass is 16.5. The van der Waals surface area contributed by atoms with Crippen LogP contribution < -0.4 is 20.1 Å². The Morgan fingerprint density at radius 1 is 1.04 bits per heavy atom. The Morgan fingerprint density at radius 3 is 2.38 bits per heavy atom. The number of aromatic amines is 1. The van der Waals surface area contributed by atoms with Crippen molar-refractivity contribution in [3.05, 3.63) is 60.3 Å². The topological polar surface area (TPSA) is 95.1 Å². The highest BCUT2D eigenvalue weighted by Gasteiger charge is 2.12. The van der Waals surface area contributed by atoms with E-state index in [0.717, 1.165) is 16.7 Å². The molecule has 4 N–H and O–H groups in total. The molecule has 0 atom stereocenters. The van der Waals surface area contributed by atoms with E-state index in [0.29, 0.717) is 23.9 Å². The van der Waals surface area contributed by atoms with Crippen LogP contribution in [-0.4, -0.2) is 30.4 Å². The van der Waals surface area contributed by atoms with Gasteiger partial charge in [0.2, 0.25) is 0 Å². The van der Waals surface area contributed by atoms with Crippen molar-refractivity contribution in [2.45, 2.75) is 6.54 Å². The van der Waals surface area contributed by atoms with Crippen LogP contribution >= 0.6 is 0 Å². The van der Waals surface area contributed by atoms with E-state index in [1.807, 2.05) is 48.5 Å². The average molecular weight is 351 g/mol. The van der Waals surface area contributed by atoms with Crippen LogP contribution in [0.15, 0.2) is 54.7 Å². The number of guanidine groups is 1. The molecule has 2 aromatic carbocycles. The van der Waals surface area contributed by atoms with Crippen molar-refractivity contribution in [1.29, 1.82) is 5.41 Å². The molecule has 0 radical (unpaired) electrons. The van der Waals surface area contributed by atoms with Gasteiger partial charge in [-0.15, -0.1) is 0 Å². The fraction of sp³-hybridized carbons (Fsp3) is 0.158. The third-order valence-corrected chi connectivity index (χ3v) is 3.94. The van der Waals surface area contributed by atoms with Gasteiger partial charge in [-0.05, 0) is 17.7 Å². The molecule has 1 heterocycles. The molecule has 1 aromatic heterocycles. The minimum atomic E-state index is 0.127. The second-order valence-electron chi connectivity index (χ2n) is 5.51. The third kappa shape index (κ3) is 3.77. The maximum absolute atomic E-state index is 8.17. The number of methoxy groups -OCH3 is 2. The van der Waals surface area contributed by atoms with Crippen molar-refractivity contribution in [2.24, 2.45) is 0 Å². The molecule has 7 heteroatoms. The Labute approximate surface area is 151 Å². The number of nitrogens with one attached hydrogen (secondary N) is 4. The lowest BCUT2D eigenvalue weighted by Gasteiger charge is -2.15. The SMILES string of the molecule is COc1cccc(OC)c1CNC(=N)Nc1n[nH]cc1-c1ccccc1. The van der Waals surface area contributed by atoms with Gasteiger partial charge in [0.25, 0.3) is 0 Å². The van der Waals surface area contributed by atoms with E-state index >= 15 is 0 Å². The largest absolute Gasteiger partial charge is 0.496 e. The molecule has 0 aliphatic rings. The summed E-state index contributed by atoms with van der Waals surface area (Å²) in [6.07, 6.45) is 1.80. The van der Waals surface area contributed by atoms with Crippen LogP contribution in [0.3, 0.4) is 0 Å². The summed E-state index contributed by atoms with van der Waals surface area (Å²) in [5, 5.41) is 21.2. The minimum Gasteiger partial charge on any atom is -0.496 e. The maximum Gasteiger partial charge on any atom is 0.194 e. The highest BCUT2D eigenvalue weighted by Crippen LogP contribution is 2.28. The van der Waals surface area contributed by atoms with Gasteiger partial charge < -0.3 is 20.1 Å². The van der Waals surface area contributed by atoms with Crippen molar-refractivity contribution in [3.8, 4) is 22.6 Å². The van der Waals surface area contributed by atoms with Gasteiger partial charge >= 0.3 is 0 Å². The molecule has 0 saturated carbocycles. The smallest absolute Gasteiger partial charge is 0.194 e. The minimum absolute atomic E-state index is 0.127.